The van der Waals surface area contributed by atoms with Gasteiger partial charge in [0.25, 0.3) is 0 Å². The van der Waals surface area contributed by atoms with E-state index in [0.29, 0.717) is 5.75 Å². The van der Waals surface area contributed by atoms with Gasteiger partial charge in [0.15, 0.2) is 0 Å². The van der Waals surface area contributed by atoms with E-state index in [4.69, 9.17) is 0 Å². The van der Waals surface area contributed by atoms with Crippen molar-refractivity contribution in [3.05, 3.63) is 24.0 Å². The van der Waals surface area contributed by atoms with Gasteiger partial charge in [-0.3, -0.25) is 4.98 Å². The van der Waals surface area contributed by atoms with Crippen LogP contribution in [0.2, 0.25) is 0 Å². The summed E-state index contributed by atoms with van der Waals surface area (Å²) in [6, 6.07) is 3.51. The third kappa shape index (κ3) is 4.65. The highest BCUT2D eigenvalue weighted by Crippen LogP contribution is 2.20. The lowest BCUT2D eigenvalue weighted by Gasteiger charge is -2.34. The first-order chi connectivity index (χ1) is 8.61. The number of pyridine rings is 1. The molecule has 0 saturated carbocycles. The molecule has 0 aliphatic rings. The van der Waals surface area contributed by atoms with Crippen LogP contribution in [0.3, 0.4) is 0 Å². The molecule has 0 saturated heterocycles. The van der Waals surface area contributed by atoms with Crippen molar-refractivity contribution < 1.29 is 9.59 Å². The highest BCUT2D eigenvalue weighted by atomic mass is 16.3. The minimum Gasteiger partial charge on any atom is -0.506 e. The molecule has 1 rings (SSSR count). The molecule has 1 aromatic rings. The summed E-state index contributed by atoms with van der Waals surface area (Å²) in [6.45, 7) is 7.59. The van der Waals surface area contributed by atoms with E-state index in [0.717, 1.165) is 29.8 Å². The monoisotopic (exact) mass is 251 g/mol. The maximum Gasteiger partial charge on any atom is 0.142 e. The first-order valence-electron chi connectivity index (χ1n) is 7.07. The first kappa shape index (κ1) is 15.0. The van der Waals surface area contributed by atoms with Gasteiger partial charge in [-0.15, -0.1) is 0 Å². The van der Waals surface area contributed by atoms with E-state index in [1.165, 1.54) is 25.7 Å². The highest BCUT2D eigenvalue weighted by molar-refractivity contribution is 5.23. The standard InChI is InChI=1S/C15H26N2O/c1-4-6-11-17(3,12-7-5-2)13-14-15(18)9-8-10-16-14/h8-10H,4-7,11-13H2,1-3H3/p+1. The lowest BCUT2D eigenvalue weighted by atomic mass is 10.2. The number of aromatic nitrogens is 1. The van der Waals surface area contributed by atoms with E-state index in [-0.39, 0.29) is 0 Å². The summed E-state index contributed by atoms with van der Waals surface area (Å²) in [5.41, 5.74) is 0.826. The van der Waals surface area contributed by atoms with Crippen molar-refractivity contribution in [2.45, 2.75) is 46.1 Å². The van der Waals surface area contributed by atoms with E-state index in [1.54, 1.807) is 18.3 Å². The fourth-order valence-corrected chi connectivity index (χ4v) is 2.26. The van der Waals surface area contributed by atoms with Gasteiger partial charge in [-0.1, -0.05) is 26.7 Å². The summed E-state index contributed by atoms with van der Waals surface area (Å²) in [7, 11) is 2.28. The Morgan fingerprint density at radius 2 is 1.78 bits per heavy atom. The van der Waals surface area contributed by atoms with Crippen molar-refractivity contribution in [1.82, 2.24) is 4.98 Å². The molecule has 0 aromatic carbocycles. The maximum atomic E-state index is 9.85. The van der Waals surface area contributed by atoms with Crippen LogP contribution >= 0.6 is 0 Å². The number of aromatic hydroxyl groups is 1. The number of quaternary nitrogens is 1. The van der Waals surface area contributed by atoms with Gasteiger partial charge in [0, 0.05) is 6.20 Å². The quantitative estimate of drug-likeness (QED) is 0.719. The van der Waals surface area contributed by atoms with Crippen LogP contribution in [0.1, 0.15) is 45.2 Å². The van der Waals surface area contributed by atoms with E-state index >= 15 is 0 Å². The van der Waals surface area contributed by atoms with Gasteiger partial charge < -0.3 is 9.59 Å². The SMILES string of the molecule is CCCC[N+](C)(CCCC)Cc1ncccc1O. The molecular formula is C15H27N2O+. The van der Waals surface area contributed by atoms with Crippen LogP contribution in [-0.2, 0) is 6.54 Å². The number of rotatable bonds is 8. The number of hydrogen-bond acceptors (Lipinski definition) is 2. The Labute approximate surface area is 111 Å². The second-order valence-electron chi connectivity index (χ2n) is 5.40. The lowest BCUT2D eigenvalue weighted by Crippen LogP contribution is -2.45. The number of hydrogen-bond donors (Lipinski definition) is 1. The Hall–Kier alpha value is -1.09. The Bertz CT molecular complexity index is 344. The molecule has 0 fully saturated rings. The molecule has 0 radical (unpaired) electrons. The van der Waals surface area contributed by atoms with Crippen LogP contribution in [-0.4, -0.2) is 34.7 Å². The zero-order valence-corrected chi connectivity index (χ0v) is 12.0. The van der Waals surface area contributed by atoms with E-state index in [2.05, 4.69) is 25.9 Å². The summed E-state index contributed by atoms with van der Waals surface area (Å²) < 4.78 is 0.978. The fourth-order valence-electron chi connectivity index (χ4n) is 2.26. The second kappa shape index (κ2) is 7.37. The molecule has 3 nitrogen and oxygen atoms in total. The average molecular weight is 251 g/mol. The molecule has 0 aliphatic carbocycles. The Morgan fingerprint density at radius 1 is 1.17 bits per heavy atom. The normalized spacial score (nSPS) is 11.7. The van der Waals surface area contributed by atoms with Crippen molar-refractivity contribution in [2.75, 3.05) is 20.1 Å². The molecule has 18 heavy (non-hydrogen) atoms. The molecular weight excluding hydrogens is 224 g/mol. The van der Waals surface area contributed by atoms with Crippen LogP contribution in [0.25, 0.3) is 0 Å². The fraction of sp³-hybridized carbons (Fsp3) is 0.667. The summed E-state index contributed by atoms with van der Waals surface area (Å²) in [5, 5.41) is 9.85. The highest BCUT2D eigenvalue weighted by Gasteiger charge is 2.23. The molecule has 0 amide bonds. The smallest absolute Gasteiger partial charge is 0.142 e. The Kier molecular flexibility index (Phi) is 6.13. The average Bonchev–Trinajstić information content (AvgIpc) is 2.37. The topological polar surface area (TPSA) is 33.1 Å². The molecule has 3 heteroatoms. The van der Waals surface area contributed by atoms with E-state index < -0.39 is 0 Å². The van der Waals surface area contributed by atoms with Gasteiger partial charge in [-0.05, 0) is 25.0 Å². The minimum absolute atomic E-state index is 0.329. The molecule has 102 valence electrons. The van der Waals surface area contributed by atoms with Crippen LogP contribution in [0.5, 0.6) is 5.75 Å². The van der Waals surface area contributed by atoms with Crippen LogP contribution < -0.4 is 0 Å². The Morgan fingerprint density at radius 3 is 2.28 bits per heavy atom. The predicted octanol–water partition coefficient (Wildman–Crippen LogP) is 3.33. The van der Waals surface area contributed by atoms with Crippen molar-refractivity contribution in [3.8, 4) is 5.75 Å². The van der Waals surface area contributed by atoms with Gasteiger partial charge in [0.1, 0.15) is 18.0 Å². The summed E-state index contributed by atoms with van der Waals surface area (Å²) in [5.74, 6) is 0.329. The van der Waals surface area contributed by atoms with E-state index in [9.17, 15) is 5.11 Å². The molecule has 0 atom stereocenters. The molecule has 1 N–H and O–H groups in total. The zero-order chi connectivity index (χ0) is 13.4. The maximum absolute atomic E-state index is 9.85. The molecule has 0 unspecified atom stereocenters. The second-order valence-corrected chi connectivity index (χ2v) is 5.40. The third-order valence-corrected chi connectivity index (χ3v) is 3.50. The van der Waals surface area contributed by atoms with Gasteiger partial charge in [-0.25, -0.2) is 0 Å². The van der Waals surface area contributed by atoms with Gasteiger partial charge in [0.05, 0.1) is 20.1 Å². The number of nitrogens with zero attached hydrogens (tertiary/aromatic N) is 2. The lowest BCUT2D eigenvalue weighted by molar-refractivity contribution is -0.923. The third-order valence-electron chi connectivity index (χ3n) is 3.50. The molecule has 1 heterocycles. The molecule has 0 spiro atoms. The summed E-state index contributed by atoms with van der Waals surface area (Å²) in [6.07, 6.45) is 6.66. The van der Waals surface area contributed by atoms with Gasteiger partial charge in [0.2, 0.25) is 0 Å². The Balaban J connectivity index is 2.73. The first-order valence-corrected chi connectivity index (χ1v) is 7.07. The van der Waals surface area contributed by atoms with Crippen molar-refractivity contribution in [3.63, 3.8) is 0 Å². The molecule has 0 bridgehead atoms. The van der Waals surface area contributed by atoms with Gasteiger partial charge in [-0.2, -0.15) is 0 Å². The zero-order valence-electron chi connectivity index (χ0n) is 12.0. The van der Waals surface area contributed by atoms with Crippen molar-refractivity contribution >= 4 is 0 Å². The predicted molar refractivity (Wildman–Crippen MR) is 75.3 cm³/mol. The van der Waals surface area contributed by atoms with Crippen LogP contribution in [0, 0.1) is 0 Å². The summed E-state index contributed by atoms with van der Waals surface area (Å²) >= 11 is 0. The largest absolute Gasteiger partial charge is 0.506 e. The summed E-state index contributed by atoms with van der Waals surface area (Å²) in [4.78, 5) is 4.31. The van der Waals surface area contributed by atoms with Crippen LogP contribution in [0.4, 0.5) is 0 Å². The minimum atomic E-state index is 0.329. The van der Waals surface area contributed by atoms with Gasteiger partial charge >= 0.3 is 0 Å². The van der Waals surface area contributed by atoms with Crippen LogP contribution in [0.15, 0.2) is 18.3 Å². The molecule has 0 aliphatic heterocycles. The molecule has 1 aromatic heterocycles. The van der Waals surface area contributed by atoms with Crippen molar-refractivity contribution in [2.24, 2.45) is 0 Å². The van der Waals surface area contributed by atoms with E-state index in [1.807, 2.05) is 0 Å². The van der Waals surface area contributed by atoms with Crippen molar-refractivity contribution in [1.29, 1.82) is 0 Å². The number of unbranched alkanes of at least 4 members (excludes halogenated alkanes) is 2.